The third-order valence-electron chi connectivity index (χ3n) is 7.81. The second-order valence-electron chi connectivity index (χ2n) is 11.0. The lowest BCUT2D eigenvalue weighted by Crippen LogP contribution is -2.38. The molecule has 0 bridgehead atoms. The summed E-state index contributed by atoms with van der Waals surface area (Å²) < 4.78 is 0.792. The summed E-state index contributed by atoms with van der Waals surface area (Å²) >= 11 is 2.79. The van der Waals surface area contributed by atoms with Crippen LogP contribution in [-0.2, 0) is 0 Å². The highest BCUT2D eigenvalue weighted by molar-refractivity contribution is 14.1. The standard InChI is InChI=1S/C27H54IN/c1-8-9-13-17-24-19-22(4)16-14-11-10-12-15-18-25(29(6)7)20-26(24)23(5)27(28)21(2)3/h21-27H,8-20H2,1-7H3. The highest BCUT2D eigenvalue weighted by Crippen LogP contribution is 2.41. The van der Waals surface area contributed by atoms with Crippen LogP contribution in [0.3, 0.4) is 0 Å². The molecule has 1 nitrogen and oxygen atoms in total. The molecule has 29 heavy (non-hydrogen) atoms. The Labute approximate surface area is 198 Å². The predicted molar refractivity (Wildman–Crippen MR) is 141 cm³/mol. The molecule has 0 amide bonds. The predicted octanol–water partition coefficient (Wildman–Crippen LogP) is 8.99. The molecule has 0 spiro atoms. The zero-order valence-electron chi connectivity index (χ0n) is 21.1. The van der Waals surface area contributed by atoms with Gasteiger partial charge in [-0.05, 0) is 62.9 Å². The molecular formula is C27H54IN. The fraction of sp³-hybridized carbons (Fsp3) is 1.00. The number of alkyl halides is 1. The molecule has 1 fully saturated rings. The van der Waals surface area contributed by atoms with Crippen LogP contribution in [0.1, 0.15) is 118 Å². The summed E-state index contributed by atoms with van der Waals surface area (Å²) in [5.74, 6) is 4.31. The molecule has 0 aromatic heterocycles. The molecule has 0 aliphatic heterocycles. The van der Waals surface area contributed by atoms with Crippen molar-refractivity contribution in [1.29, 1.82) is 0 Å². The first-order chi connectivity index (χ1) is 13.8. The minimum Gasteiger partial charge on any atom is -0.306 e. The van der Waals surface area contributed by atoms with E-state index >= 15 is 0 Å². The fourth-order valence-electron chi connectivity index (χ4n) is 5.78. The maximum Gasteiger partial charge on any atom is 0.0161 e. The van der Waals surface area contributed by atoms with Crippen LogP contribution in [0.2, 0.25) is 0 Å². The minimum absolute atomic E-state index is 0.767. The van der Waals surface area contributed by atoms with Gasteiger partial charge in [0, 0.05) is 9.97 Å². The van der Waals surface area contributed by atoms with Gasteiger partial charge in [-0.1, -0.05) is 121 Å². The second kappa shape index (κ2) is 15.5. The van der Waals surface area contributed by atoms with Crippen LogP contribution in [0.5, 0.6) is 0 Å². The Balaban J connectivity index is 3.12. The summed E-state index contributed by atoms with van der Waals surface area (Å²) in [6.45, 7) is 12.4. The maximum atomic E-state index is 2.79. The lowest BCUT2D eigenvalue weighted by molar-refractivity contribution is 0.123. The van der Waals surface area contributed by atoms with Gasteiger partial charge in [0.1, 0.15) is 0 Å². The van der Waals surface area contributed by atoms with E-state index in [1.807, 2.05) is 0 Å². The Morgan fingerprint density at radius 2 is 1.52 bits per heavy atom. The van der Waals surface area contributed by atoms with Gasteiger partial charge < -0.3 is 4.90 Å². The number of nitrogens with zero attached hydrogens (tertiary/aromatic N) is 1. The SMILES string of the molecule is CCCCCC1CC(C)CCCCCCCC(N(C)C)CC1C(C)C(I)C(C)C. The van der Waals surface area contributed by atoms with E-state index in [0.29, 0.717) is 0 Å². The van der Waals surface area contributed by atoms with Crippen LogP contribution in [0, 0.1) is 29.6 Å². The van der Waals surface area contributed by atoms with Crippen molar-refractivity contribution >= 4 is 22.6 Å². The molecule has 6 unspecified atom stereocenters. The van der Waals surface area contributed by atoms with Crippen LogP contribution in [0.4, 0.5) is 0 Å². The van der Waals surface area contributed by atoms with E-state index in [1.165, 1.54) is 83.5 Å². The van der Waals surface area contributed by atoms with Gasteiger partial charge in [-0.25, -0.2) is 0 Å². The highest BCUT2D eigenvalue weighted by Gasteiger charge is 2.34. The van der Waals surface area contributed by atoms with E-state index < -0.39 is 0 Å². The fourth-order valence-corrected chi connectivity index (χ4v) is 6.32. The molecule has 1 aliphatic carbocycles. The topological polar surface area (TPSA) is 3.24 Å². The van der Waals surface area contributed by atoms with Crippen LogP contribution in [0.15, 0.2) is 0 Å². The van der Waals surface area contributed by atoms with Crippen molar-refractivity contribution in [3.63, 3.8) is 0 Å². The van der Waals surface area contributed by atoms with Crippen molar-refractivity contribution in [3.8, 4) is 0 Å². The Hall–Kier alpha value is 0.690. The third-order valence-corrected chi connectivity index (χ3v) is 10.4. The monoisotopic (exact) mass is 519 g/mol. The third kappa shape index (κ3) is 10.7. The van der Waals surface area contributed by atoms with Gasteiger partial charge in [0.25, 0.3) is 0 Å². The maximum absolute atomic E-state index is 2.79. The van der Waals surface area contributed by atoms with Gasteiger partial charge in [-0.15, -0.1) is 0 Å². The van der Waals surface area contributed by atoms with Crippen molar-refractivity contribution in [2.45, 2.75) is 128 Å². The first-order valence-electron chi connectivity index (χ1n) is 13.1. The summed E-state index contributed by atoms with van der Waals surface area (Å²) in [6, 6.07) is 0.767. The Morgan fingerprint density at radius 1 is 0.897 bits per heavy atom. The molecule has 6 atom stereocenters. The molecule has 0 N–H and O–H groups in total. The van der Waals surface area contributed by atoms with Gasteiger partial charge in [0.05, 0.1) is 0 Å². The average molecular weight is 520 g/mol. The number of rotatable bonds is 8. The summed E-state index contributed by atoms with van der Waals surface area (Å²) in [5, 5.41) is 0. The summed E-state index contributed by atoms with van der Waals surface area (Å²) in [7, 11) is 4.67. The first kappa shape index (κ1) is 27.7. The Bertz CT molecular complexity index is 394. The van der Waals surface area contributed by atoms with Gasteiger partial charge in [0.2, 0.25) is 0 Å². The normalized spacial score (nSPS) is 30.4. The lowest BCUT2D eigenvalue weighted by Gasteiger charge is -2.40. The van der Waals surface area contributed by atoms with Gasteiger partial charge in [0.15, 0.2) is 0 Å². The number of hydrogen-bond donors (Lipinski definition) is 0. The summed E-state index contributed by atoms with van der Waals surface area (Å²) in [5.41, 5.74) is 0. The van der Waals surface area contributed by atoms with Gasteiger partial charge >= 0.3 is 0 Å². The Kier molecular flexibility index (Phi) is 14.8. The average Bonchev–Trinajstić information content (AvgIpc) is 2.68. The molecule has 1 aliphatic rings. The van der Waals surface area contributed by atoms with Crippen LogP contribution in [0.25, 0.3) is 0 Å². The smallest absolute Gasteiger partial charge is 0.0161 e. The van der Waals surface area contributed by atoms with Crippen LogP contribution in [-0.4, -0.2) is 29.0 Å². The summed E-state index contributed by atoms with van der Waals surface area (Å²) in [6.07, 6.45) is 18.7. The van der Waals surface area contributed by atoms with Gasteiger partial charge in [-0.2, -0.15) is 0 Å². The molecule has 0 aromatic carbocycles. The summed E-state index contributed by atoms with van der Waals surface area (Å²) in [4.78, 5) is 2.56. The van der Waals surface area contributed by atoms with Crippen molar-refractivity contribution in [2.24, 2.45) is 29.6 Å². The van der Waals surface area contributed by atoms with Crippen molar-refractivity contribution in [3.05, 3.63) is 0 Å². The molecule has 0 heterocycles. The van der Waals surface area contributed by atoms with E-state index in [4.69, 9.17) is 0 Å². The quantitative estimate of drug-likeness (QED) is 0.176. The van der Waals surface area contributed by atoms with Crippen molar-refractivity contribution in [1.82, 2.24) is 4.90 Å². The van der Waals surface area contributed by atoms with E-state index in [0.717, 1.165) is 39.6 Å². The molecule has 174 valence electrons. The molecule has 0 radical (unpaired) electrons. The van der Waals surface area contributed by atoms with E-state index in [1.54, 1.807) is 0 Å². The van der Waals surface area contributed by atoms with E-state index in [2.05, 4.69) is 76.2 Å². The molecular weight excluding hydrogens is 465 g/mol. The Morgan fingerprint density at radius 3 is 2.10 bits per heavy atom. The highest BCUT2D eigenvalue weighted by atomic mass is 127. The van der Waals surface area contributed by atoms with Crippen molar-refractivity contribution < 1.29 is 0 Å². The zero-order valence-corrected chi connectivity index (χ0v) is 23.2. The minimum atomic E-state index is 0.767. The number of unbranched alkanes of at least 4 members (excludes halogenated alkanes) is 2. The van der Waals surface area contributed by atoms with Crippen LogP contribution >= 0.6 is 22.6 Å². The number of halogens is 1. The first-order valence-corrected chi connectivity index (χ1v) is 14.3. The molecule has 2 heteroatoms. The van der Waals surface area contributed by atoms with E-state index in [9.17, 15) is 0 Å². The molecule has 1 rings (SSSR count). The van der Waals surface area contributed by atoms with Crippen molar-refractivity contribution in [2.75, 3.05) is 14.1 Å². The molecule has 0 saturated heterocycles. The molecule has 0 aromatic rings. The number of hydrogen-bond acceptors (Lipinski definition) is 1. The zero-order chi connectivity index (χ0) is 21.8. The van der Waals surface area contributed by atoms with Gasteiger partial charge in [-0.3, -0.25) is 0 Å². The lowest BCUT2D eigenvalue weighted by atomic mass is 9.70. The van der Waals surface area contributed by atoms with Crippen LogP contribution < -0.4 is 0 Å². The largest absolute Gasteiger partial charge is 0.306 e. The van der Waals surface area contributed by atoms with E-state index in [-0.39, 0.29) is 0 Å². The molecule has 1 saturated carbocycles. The second-order valence-corrected chi connectivity index (χ2v) is 12.4.